The molecule has 2 N–H and O–H groups in total. The van der Waals surface area contributed by atoms with Gasteiger partial charge in [-0.25, -0.2) is 0 Å². The van der Waals surface area contributed by atoms with Crippen molar-refractivity contribution in [1.29, 1.82) is 0 Å². The first-order valence-electron chi connectivity index (χ1n) is 10.3. The van der Waals surface area contributed by atoms with E-state index in [4.69, 9.17) is 26.8 Å². The fraction of sp³-hybridized carbons (Fsp3) is 0.292. The molecule has 3 rings (SSSR count). The van der Waals surface area contributed by atoms with Crippen LogP contribution in [0.1, 0.15) is 24.9 Å². The zero-order valence-electron chi connectivity index (χ0n) is 19.0. The molecule has 1 aliphatic rings. The van der Waals surface area contributed by atoms with E-state index < -0.39 is 12.0 Å². The fourth-order valence-corrected chi connectivity index (χ4v) is 3.98. The molecule has 1 atom stereocenters. The van der Waals surface area contributed by atoms with Crippen molar-refractivity contribution >= 4 is 34.9 Å². The van der Waals surface area contributed by atoms with Gasteiger partial charge in [0.2, 0.25) is 0 Å². The number of nitrogens with one attached hydrogen (secondary N) is 1. The van der Waals surface area contributed by atoms with E-state index in [2.05, 4.69) is 5.32 Å². The number of carbonyl (C=O) groups excluding carboxylic acids is 1. The number of ether oxygens (including phenoxy) is 2. The van der Waals surface area contributed by atoms with Gasteiger partial charge in [-0.1, -0.05) is 24.3 Å². The first-order chi connectivity index (χ1) is 15.7. The number of anilines is 1. The number of hydrogen-bond acceptors (Lipinski definition) is 5. The summed E-state index contributed by atoms with van der Waals surface area (Å²) in [5.74, 6) is 0.127. The second-order valence-electron chi connectivity index (χ2n) is 7.65. The average Bonchev–Trinajstić information content (AvgIpc) is 2.79. The van der Waals surface area contributed by atoms with Crippen molar-refractivity contribution in [3.63, 3.8) is 0 Å². The molecule has 0 fully saturated rings. The van der Waals surface area contributed by atoms with E-state index in [0.717, 1.165) is 11.3 Å². The first-order valence-corrected chi connectivity index (χ1v) is 10.8. The number of rotatable bonds is 8. The van der Waals surface area contributed by atoms with Crippen LogP contribution in [0.5, 0.6) is 11.5 Å². The van der Waals surface area contributed by atoms with E-state index in [9.17, 15) is 9.59 Å². The highest BCUT2D eigenvalue weighted by molar-refractivity contribution is 7.80. The van der Waals surface area contributed by atoms with Crippen molar-refractivity contribution in [1.82, 2.24) is 10.2 Å². The second kappa shape index (κ2) is 10.4. The summed E-state index contributed by atoms with van der Waals surface area (Å²) in [6, 6.07) is 14.2. The number of carboxylic acid groups (broad SMARTS) is 1. The number of likely N-dealkylation sites (N-methyl/N-ethyl adjacent to an activating group) is 1. The lowest BCUT2D eigenvalue weighted by Crippen LogP contribution is -2.49. The van der Waals surface area contributed by atoms with E-state index >= 15 is 0 Å². The highest BCUT2D eigenvalue weighted by Crippen LogP contribution is 2.38. The Balaban J connectivity index is 2.00. The topological polar surface area (TPSA) is 91.3 Å². The molecule has 9 heteroatoms. The number of thiocarbonyl (C=S) groups is 1. The Bertz CT molecular complexity index is 1080. The zero-order chi connectivity index (χ0) is 24.1. The van der Waals surface area contributed by atoms with Gasteiger partial charge < -0.3 is 24.8 Å². The van der Waals surface area contributed by atoms with E-state index in [0.29, 0.717) is 27.9 Å². The van der Waals surface area contributed by atoms with E-state index in [1.807, 2.05) is 48.2 Å². The van der Waals surface area contributed by atoms with Crippen LogP contribution in [-0.2, 0) is 9.59 Å². The van der Waals surface area contributed by atoms with Crippen LogP contribution in [0.2, 0.25) is 0 Å². The largest absolute Gasteiger partial charge is 0.495 e. The van der Waals surface area contributed by atoms with Gasteiger partial charge in [0.1, 0.15) is 11.5 Å². The van der Waals surface area contributed by atoms with Crippen LogP contribution in [0.3, 0.4) is 0 Å². The number of methoxy groups -OCH3 is 1. The summed E-state index contributed by atoms with van der Waals surface area (Å²) in [7, 11) is 5.01. The summed E-state index contributed by atoms with van der Waals surface area (Å²) in [4.78, 5) is 27.3. The van der Waals surface area contributed by atoms with Gasteiger partial charge in [0, 0.05) is 19.8 Å². The number of allylic oxidation sites excluding steroid dienone is 1. The number of carbonyl (C=O) groups is 2. The van der Waals surface area contributed by atoms with Crippen molar-refractivity contribution in [2.75, 3.05) is 32.7 Å². The standard InChI is InChI=1S/C24H27N3O5S/c1-15-21(23(30)26(2)3)22(16-9-11-17(12-10-16)32-14-13-20(28)29)25-24(33)27(15)18-7-5-6-8-19(18)31-4/h5-12,22H,13-14H2,1-4H3,(H,25,33)(H,28,29). The quantitative estimate of drug-likeness (QED) is 0.569. The second-order valence-corrected chi connectivity index (χ2v) is 8.04. The Morgan fingerprint density at radius 1 is 1.15 bits per heavy atom. The van der Waals surface area contributed by atoms with Crippen LogP contribution in [0.15, 0.2) is 59.8 Å². The monoisotopic (exact) mass is 469 g/mol. The molecule has 0 spiro atoms. The lowest BCUT2D eigenvalue weighted by molar-refractivity contribution is -0.137. The molecule has 0 saturated carbocycles. The Morgan fingerprint density at radius 2 is 1.82 bits per heavy atom. The first kappa shape index (κ1) is 24.1. The number of nitrogens with zero attached hydrogens (tertiary/aromatic N) is 2. The van der Waals surface area contributed by atoms with Gasteiger partial charge in [0.05, 0.1) is 37.4 Å². The number of para-hydroxylation sites is 2. The molecule has 0 aromatic heterocycles. The van der Waals surface area contributed by atoms with E-state index in [-0.39, 0.29) is 18.9 Å². The molecular weight excluding hydrogens is 442 g/mol. The lowest BCUT2D eigenvalue weighted by Gasteiger charge is -2.39. The molecule has 0 bridgehead atoms. The summed E-state index contributed by atoms with van der Waals surface area (Å²) < 4.78 is 11.0. The summed E-state index contributed by atoms with van der Waals surface area (Å²) in [6.45, 7) is 1.95. The minimum absolute atomic E-state index is 0.0809. The molecule has 8 nitrogen and oxygen atoms in total. The van der Waals surface area contributed by atoms with Gasteiger partial charge >= 0.3 is 5.97 Å². The number of amides is 1. The van der Waals surface area contributed by atoms with Crippen molar-refractivity contribution in [2.24, 2.45) is 0 Å². The summed E-state index contributed by atoms with van der Waals surface area (Å²) in [5.41, 5.74) is 2.82. The maximum atomic E-state index is 13.2. The Labute approximate surface area is 198 Å². The van der Waals surface area contributed by atoms with E-state index in [1.54, 1.807) is 33.3 Å². The maximum Gasteiger partial charge on any atom is 0.306 e. The lowest BCUT2D eigenvalue weighted by atomic mass is 9.93. The molecule has 0 aliphatic carbocycles. The van der Waals surface area contributed by atoms with Gasteiger partial charge in [-0.15, -0.1) is 0 Å². The molecule has 1 heterocycles. The highest BCUT2D eigenvalue weighted by atomic mass is 32.1. The molecule has 0 radical (unpaired) electrons. The number of carboxylic acids is 1. The zero-order valence-corrected chi connectivity index (χ0v) is 19.8. The van der Waals surface area contributed by atoms with Gasteiger partial charge in [-0.05, 0) is 49.0 Å². The van der Waals surface area contributed by atoms with Crippen molar-refractivity contribution in [2.45, 2.75) is 19.4 Å². The van der Waals surface area contributed by atoms with Gasteiger partial charge in [0.15, 0.2) is 5.11 Å². The molecule has 2 aromatic rings. The minimum atomic E-state index is -0.918. The van der Waals surface area contributed by atoms with Crippen molar-refractivity contribution in [3.8, 4) is 11.5 Å². The highest BCUT2D eigenvalue weighted by Gasteiger charge is 2.36. The molecular formula is C24H27N3O5S. The van der Waals surface area contributed by atoms with Gasteiger partial charge in [0.25, 0.3) is 5.91 Å². The molecule has 33 heavy (non-hydrogen) atoms. The predicted octanol–water partition coefficient (Wildman–Crippen LogP) is 3.35. The van der Waals surface area contributed by atoms with Crippen molar-refractivity contribution < 1.29 is 24.2 Å². The molecule has 1 unspecified atom stereocenters. The van der Waals surface area contributed by atoms with Crippen LogP contribution in [0, 0.1) is 0 Å². The maximum absolute atomic E-state index is 13.2. The Hall–Kier alpha value is -3.59. The van der Waals surface area contributed by atoms with Crippen LogP contribution >= 0.6 is 12.2 Å². The molecule has 0 saturated heterocycles. The SMILES string of the molecule is COc1ccccc1N1C(=S)NC(c2ccc(OCCC(=O)O)cc2)C(C(=O)N(C)C)=C1C. The van der Waals surface area contributed by atoms with E-state index in [1.165, 1.54) is 4.90 Å². The van der Waals surface area contributed by atoms with Crippen LogP contribution in [0.25, 0.3) is 0 Å². The number of hydrogen-bond donors (Lipinski definition) is 2. The number of aliphatic carboxylic acids is 1. The number of benzene rings is 2. The predicted molar refractivity (Wildman–Crippen MR) is 130 cm³/mol. The summed E-state index contributed by atoms with van der Waals surface area (Å²) in [6.07, 6.45) is -0.0809. The van der Waals surface area contributed by atoms with Gasteiger partial charge in [-0.2, -0.15) is 0 Å². The summed E-state index contributed by atoms with van der Waals surface area (Å²) >= 11 is 5.70. The minimum Gasteiger partial charge on any atom is -0.495 e. The third kappa shape index (κ3) is 5.25. The third-order valence-electron chi connectivity index (χ3n) is 5.25. The smallest absolute Gasteiger partial charge is 0.306 e. The van der Waals surface area contributed by atoms with Crippen LogP contribution in [0.4, 0.5) is 5.69 Å². The molecule has 174 valence electrons. The normalized spacial score (nSPS) is 15.7. The third-order valence-corrected chi connectivity index (χ3v) is 5.55. The molecule has 2 aromatic carbocycles. The Morgan fingerprint density at radius 3 is 2.42 bits per heavy atom. The summed E-state index contributed by atoms with van der Waals surface area (Å²) in [5, 5.41) is 12.5. The molecule has 1 aliphatic heterocycles. The average molecular weight is 470 g/mol. The van der Waals surface area contributed by atoms with Crippen molar-refractivity contribution in [3.05, 3.63) is 65.4 Å². The molecule has 1 amide bonds. The van der Waals surface area contributed by atoms with Crippen LogP contribution in [-0.4, -0.2) is 54.8 Å². The van der Waals surface area contributed by atoms with Crippen LogP contribution < -0.4 is 19.7 Å². The van der Waals surface area contributed by atoms with Gasteiger partial charge in [-0.3, -0.25) is 14.5 Å². The Kier molecular flexibility index (Phi) is 7.55. The fourth-order valence-electron chi connectivity index (χ4n) is 3.63.